The zero-order chi connectivity index (χ0) is 14.4. The van der Waals surface area contributed by atoms with Gasteiger partial charge < -0.3 is 14.6 Å². The van der Waals surface area contributed by atoms with E-state index in [1.807, 2.05) is 31.2 Å². The van der Waals surface area contributed by atoms with Gasteiger partial charge >= 0.3 is 0 Å². The molecule has 1 aromatic carbocycles. The Hall–Kier alpha value is -1.22. The fourth-order valence-electron chi connectivity index (χ4n) is 2.95. The molecule has 0 spiro atoms. The zero-order valence-electron chi connectivity index (χ0n) is 12.5. The van der Waals surface area contributed by atoms with Crippen LogP contribution in [0.2, 0.25) is 0 Å². The van der Waals surface area contributed by atoms with Gasteiger partial charge in [-0.1, -0.05) is 19.8 Å². The van der Waals surface area contributed by atoms with Gasteiger partial charge in [0.05, 0.1) is 12.7 Å². The third-order valence-electron chi connectivity index (χ3n) is 3.98. The first-order valence-corrected chi connectivity index (χ1v) is 7.80. The summed E-state index contributed by atoms with van der Waals surface area (Å²) in [5.41, 5.74) is 0. The number of rotatable bonds is 6. The van der Waals surface area contributed by atoms with Gasteiger partial charge in [-0.15, -0.1) is 0 Å². The molecule has 3 heteroatoms. The van der Waals surface area contributed by atoms with E-state index in [1.165, 1.54) is 12.8 Å². The number of hydrogen-bond donors (Lipinski definition) is 1. The maximum absolute atomic E-state index is 10.1. The summed E-state index contributed by atoms with van der Waals surface area (Å²) in [6.07, 6.45) is 4.96. The smallest absolute Gasteiger partial charge is 0.125 e. The van der Waals surface area contributed by atoms with Crippen LogP contribution in [0.3, 0.4) is 0 Å². The molecule has 1 N–H and O–H groups in total. The highest BCUT2D eigenvalue weighted by atomic mass is 16.5. The monoisotopic (exact) mass is 278 g/mol. The maximum atomic E-state index is 10.1. The number of aliphatic hydroxyl groups excluding tert-OH is 1. The molecule has 0 amide bonds. The van der Waals surface area contributed by atoms with Crippen LogP contribution in [0.4, 0.5) is 0 Å². The highest BCUT2D eigenvalue weighted by Gasteiger charge is 2.30. The summed E-state index contributed by atoms with van der Waals surface area (Å²) in [6, 6.07) is 7.66. The Bertz CT molecular complexity index is 388. The lowest BCUT2D eigenvalue weighted by molar-refractivity contribution is -0.0117. The molecule has 0 heterocycles. The Labute approximate surface area is 121 Å². The van der Waals surface area contributed by atoms with Gasteiger partial charge in [0, 0.05) is 0 Å². The molecule has 1 aliphatic rings. The van der Waals surface area contributed by atoms with E-state index >= 15 is 0 Å². The Kier molecular flexibility index (Phi) is 5.72. The van der Waals surface area contributed by atoms with Gasteiger partial charge in [0.1, 0.15) is 17.6 Å². The summed E-state index contributed by atoms with van der Waals surface area (Å²) in [5.74, 6) is 2.36. The summed E-state index contributed by atoms with van der Waals surface area (Å²) in [4.78, 5) is 0. The average molecular weight is 278 g/mol. The van der Waals surface area contributed by atoms with Crippen molar-refractivity contribution in [2.75, 3.05) is 6.61 Å². The second kappa shape index (κ2) is 7.53. The van der Waals surface area contributed by atoms with E-state index in [0.29, 0.717) is 12.5 Å². The first-order valence-electron chi connectivity index (χ1n) is 7.80. The molecule has 3 unspecified atom stereocenters. The van der Waals surface area contributed by atoms with E-state index in [4.69, 9.17) is 9.47 Å². The van der Waals surface area contributed by atoms with Crippen molar-refractivity contribution < 1.29 is 14.6 Å². The van der Waals surface area contributed by atoms with Crippen LogP contribution < -0.4 is 9.47 Å². The van der Waals surface area contributed by atoms with Crippen LogP contribution in [0.5, 0.6) is 11.5 Å². The van der Waals surface area contributed by atoms with E-state index in [-0.39, 0.29) is 12.2 Å². The Morgan fingerprint density at radius 1 is 1.10 bits per heavy atom. The molecule has 0 aliphatic heterocycles. The molecule has 1 saturated carbocycles. The number of ether oxygens (including phenoxy) is 2. The molecule has 112 valence electrons. The minimum Gasteiger partial charge on any atom is -0.494 e. The van der Waals surface area contributed by atoms with E-state index in [1.54, 1.807) is 0 Å². The Morgan fingerprint density at radius 2 is 1.80 bits per heavy atom. The van der Waals surface area contributed by atoms with Crippen molar-refractivity contribution in [3.63, 3.8) is 0 Å². The van der Waals surface area contributed by atoms with E-state index in [2.05, 4.69) is 6.92 Å². The summed E-state index contributed by atoms with van der Waals surface area (Å²) in [6.45, 7) is 4.85. The molecule has 0 bridgehead atoms. The first-order chi connectivity index (χ1) is 9.72. The minimum atomic E-state index is -0.338. The molecule has 3 atom stereocenters. The van der Waals surface area contributed by atoms with Crippen LogP contribution in [0.25, 0.3) is 0 Å². The first kappa shape index (κ1) is 15.2. The predicted molar refractivity (Wildman–Crippen MR) is 80.3 cm³/mol. The summed E-state index contributed by atoms with van der Waals surface area (Å²) in [5, 5.41) is 10.1. The van der Waals surface area contributed by atoms with E-state index in [0.717, 1.165) is 30.8 Å². The molecule has 2 rings (SSSR count). The van der Waals surface area contributed by atoms with E-state index < -0.39 is 0 Å². The second-order valence-electron chi connectivity index (χ2n) is 5.60. The van der Waals surface area contributed by atoms with Gasteiger partial charge in [0.25, 0.3) is 0 Å². The normalized spacial score (nSPS) is 26.2. The van der Waals surface area contributed by atoms with Crippen LogP contribution >= 0.6 is 0 Å². The topological polar surface area (TPSA) is 38.7 Å². The van der Waals surface area contributed by atoms with Crippen molar-refractivity contribution in [1.29, 1.82) is 0 Å². The highest BCUT2D eigenvalue weighted by Crippen LogP contribution is 2.31. The zero-order valence-corrected chi connectivity index (χ0v) is 12.5. The van der Waals surface area contributed by atoms with Gasteiger partial charge in [-0.25, -0.2) is 0 Å². The lowest BCUT2D eigenvalue weighted by Gasteiger charge is -2.33. The number of aliphatic hydroxyl groups is 1. The number of hydrogen-bond acceptors (Lipinski definition) is 3. The van der Waals surface area contributed by atoms with Gasteiger partial charge in [-0.2, -0.15) is 0 Å². The van der Waals surface area contributed by atoms with Crippen molar-refractivity contribution in [3.05, 3.63) is 24.3 Å². The van der Waals surface area contributed by atoms with Crippen molar-refractivity contribution in [2.24, 2.45) is 5.92 Å². The Balaban J connectivity index is 1.93. The van der Waals surface area contributed by atoms with Crippen LogP contribution in [-0.4, -0.2) is 23.9 Å². The predicted octanol–water partition coefficient (Wildman–Crippen LogP) is 3.79. The van der Waals surface area contributed by atoms with Gasteiger partial charge in [-0.05, 0) is 56.4 Å². The molecule has 0 radical (unpaired) electrons. The van der Waals surface area contributed by atoms with Gasteiger partial charge in [0.2, 0.25) is 0 Å². The fraction of sp³-hybridized carbons (Fsp3) is 0.647. The molecule has 1 aromatic rings. The van der Waals surface area contributed by atoms with Crippen LogP contribution in [0.1, 0.15) is 46.0 Å². The van der Waals surface area contributed by atoms with Crippen LogP contribution in [0.15, 0.2) is 24.3 Å². The molecule has 1 aliphatic carbocycles. The minimum absolute atomic E-state index is 0.0711. The fourth-order valence-corrected chi connectivity index (χ4v) is 2.95. The molecule has 20 heavy (non-hydrogen) atoms. The maximum Gasteiger partial charge on any atom is 0.125 e. The Morgan fingerprint density at radius 3 is 2.45 bits per heavy atom. The average Bonchev–Trinajstić information content (AvgIpc) is 2.45. The number of benzene rings is 1. The lowest BCUT2D eigenvalue weighted by atomic mass is 9.83. The third kappa shape index (κ3) is 4.14. The molecular weight excluding hydrogens is 252 g/mol. The standard InChI is InChI=1S/C17H26O3/c1-3-5-13-6-11-16(18)17(12-13)20-15-9-7-14(8-10-15)19-4-2/h7-10,13,16-18H,3-6,11-12H2,1-2H3. The summed E-state index contributed by atoms with van der Waals surface area (Å²) in [7, 11) is 0. The van der Waals surface area contributed by atoms with Crippen molar-refractivity contribution >= 4 is 0 Å². The van der Waals surface area contributed by atoms with Crippen molar-refractivity contribution in [2.45, 2.75) is 58.2 Å². The quantitative estimate of drug-likeness (QED) is 0.860. The van der Waals surface area contributed by atoms with Crippen molar-refractivity contribution in [1.82, 2.24) is 0 Å². The van der Waals surface area contributed by atoms with E-state index in [9.17, 15) is 5.11 Å². The summed E-state index contributed by atoms with van der Waals surface area (Å²) < 4.78 is 11.4. The second-order valence-corrected chi connectivity index (χ2v) is 5.60. The molecule has 3 nitrogen and oxygen atoms in total. The van der Waals surface area contributed by atoms with Gasteiger partial charge in [0.15, 0.2) is 0 Å². The molecular formula is C17H26O3. The van der Waals surface area contributed by atoms with Gasteiger partial charge in [-0.3, -0.25) is 0 Å². The SMILES string of the molecule is CCCC1CCC(O)C(Oc2ccc(OCC)cc2)C1. The van der Waals surface area contributed by atoms with Crippen molar-refractivity contribution in [3.8, 4) is 11.5 Å². The molecule has 1 fully saturated rings. The van der Waals surface area contributed by atoms with Crippen LogP contribution in [0, 0.1) is 5.92 Å². The molecule has 0 aromatic heterocycles. The van der Waals surface area contributed by atoms with Crippen LogP contribution in [-0.2, 0) is 0 Å². The third-order valence-corrected chi connectivity index (χ3v) is 3.98. The largest absolute Gasteiger partial charge is 0.494 e. The highest BCUT2D eigenvalue weighted by molar-refractivity contribution is 5.31. The molecule has 0 saturated heterocycles. The lowest BCUT2D eigenvalue weighted by Crippen LogP contribution is -2.38. The summed E-state index contributed by atoms with van der Waals surface area (Å²) >= 11 is 0.